The molecule has 7 heteroatoms. The van der Waals surface area contributed by atoms with E-state index < -0.39 is 0 Å². The second kappa shape index (κ2) is 5.22. The van der Waals surface area contributed by atoms with Gasteiger partial charge in [-0.05, 0) is 66.0 Å². The lowest BCUT2D eigenvalue weighted by Gasteiger charge is -2.24. The van der Waals surface area contributed by atoms with Gasteiger partial charge in [-0.25, -0.2) is 0 Å². The summed E-state index contributed by atoms with van der Waals surface area (Å²) in [5.74, 6) is 2.26. The number of rotatable bonds is 0. The van der Waals surface area contributed by atoms with Crippen LogP contribution in [0.2, 0.25) is 5.02 Å². The smallest absolute Gasteiger partial charge is 0.191 e. The monoisotopic (exact) mass is 530 g/mol. The minimum atomic E-state index is 0.471. The highest BCUT2D eigenvalue weighted by atomic mass is 79.9. The average Bonchev–Trinajstić information content (AvgIpc) is 2.34. The lowest BCUT2D eigenvalue weighted by atomic mass is 10.2. The zero-order chi connectivity index (χ0) is 13.7. The SMILES string of the molecule is Clc1c(Br)cc(Br)c2c1Oc1c(Br)cc(Br)cc1O2. The lowest BCUT2D eigenvalue weighted by Crippen LogP contribution is -2.01. The molecule has 0 fully saturated rings. The molecule has 0 atom stereocenters. The molecule has 19 heavy (non-hydrogen) atoms. The number of ether oxygens (including phenoxy) is 2. The molecule has 3 rings (SSSR count). The van der Waals surface area contributed by atoms with Crippen LogP contribution in [0.3, 0.4) is 0 Å². The van der Waals surface area contributed by atoms with Gasteiger partial charge in [0, 0.05) is 8.95 Å². The molecule has 2 aromatic carbocycles. The Morgan fingerprint density at radius 1 is 0.737 bits per heavy atom. The first kappa shape index (κ1) is 14.2. The minimum Gasteiger partial charge on any atom is -0.448 e. The Labute approximate surface area is 147 Å². The summed E-state index contributed by atoms with van der Waals surface area (Å²) < 4.78 is 14.9. The predicted octanol–water partition coefficient (Wildman–Crippen LogP) is 7.29. The first-order chi connectivity index (χ1) is 8.97. The van der Waals surface area contributed by atoms with Crippen molar-refractivity contribution < 1.29 is 9.47 Å². The quantitative estimate of drug-likeness (QED) is 0.282. The minimum absolute atomic E-state index is 0.471. The highest BCUT2D eigenvalue weighted by molar-refractivity contribution is 9.11. The van der Waals surface area contributed by atoms with E-state index in [1.807, 2.05) is 18.2 Å². The summed E-state index contributed by atoms with van der Waals surface area (Å²) in [5.41, 5.74) is 0. The van der Waals surface area contributed by atoms with Crippen LogP contribution in [0.1, 0.15) is 0 Å². The normalized spacial score (nSPS) is 12.3. The van der Waals surface area contributed by atoms with E-state index in [1.54, 1.807) is 0 Å². The summed E-state index contributed by atoms with van der Waals surface area (Å²) in [7, 11) is 0. The Kier molecular flexibility index (Phi) is 3.90. The van der Waals surface area contributed by atoms with Crippen LogP contribution in [0.4, 0.5) is 0 Å². The van der Waals surface area contributed by atoms with Crippen molar-refractivity contribution >= 4 is 75.3 Å². The molecular formula is C12H3Br4ClO2. The van der Waals surface area contributed by atoms with Gasteiger partial charge in [0.15, 0.2) is 23.0 Å². The molecule has 0 aromatic heterocycles. The Hall–Kier alpha value is 0.250. The molecule has 0 unspecified atom stereocenters. The molecule has 0 aliphatic carbocycles. The van der Waals surface area contributed by atoms with Crippen LogP contribution < -0.4 is 9.47 Å². The fraction of sp³-hybridized carbons (Fsp3) is 0. The van der Waals surface area contributed by atoms with Crippen molar-refractivity contribution in [3.05, 3.63) is 41.1 Å². The molecule has 2 aromatic rings. The number of hydrogen-bond acceptors (Lipinski definition) is 2. The largest absolute Gasteiger partial charge is 0.448 e. The standard InChI is InChI=1S/C12H3Br4ClO2/c13-4-1-6(15)10-8(2-4)18-11-7(16)3-5(14)9(17)12(11)19-10/h1-3H. The van der Waals surface area contributed by atoms with Gasteiger partial charge in [-0.3, -0.25) is 0 Å². The van der Waals surface area contributed by atoms with E-state index in [-0.39, 0.29) is 0 Å². The summed E-state index contributed by atoms with van der Waals surface area (Å²) in [6.45, 7) is 0. The lowest BCUT2D eigenvalue weighted by molar-refractivity contribution is 0.355. The molecule has 0 amide bonds. The summed E-state index contributed by atoms with van der Waals surface area (Å²) in [4.78, 5) is 0. The van der Waals surface area contributed by atoms with E-state index in [9.17, 15) is 0 Å². The second-order valence-electron chi connectivity index (χ2n) is 3.73. The van der Waals surface area contributed by atoms with Crippen LogP contribution >= 0.6 is 75.3 Å². The first-order valence-electron chi connectivity index (χ1n) is 4.99. The van der Waals surface area contributed by atoms with Gasteiger partial charge in [0.2, 0.25) is 0 Å². The zero-order valence-electron chi connectivity index (χ0n) is 8.94. The molecule has 98 valence electrons. The van der Waals surface area contributed by atoms with E-state index in [1.165, 1.54) is 0 Å². The molecule has 0 saturated heterocycles. The fourth-order valence-electron chi connectivity index (χ4n) is 1.67. The van der Waals surface area contributed by atoms with Gasteiger partial charge in [-0.15, -0.1) is 0 Å². The number of halogens is 5. The van der Waals surface area contributed by atoms with Crippen molar-refractivity contribution in [1.82, 2.24) is 0 Å². The summed E-state index contributed by atoms with van der Waals surface area (Å²) in [5, 5.41) is 0.471. The van der Waals surface area contributed by atoms with Gasteiger partial charge in [0.1, 0.15) is 5.02 Å². The van der Waals surface area contributed by atoms with Crippen LogP contribution in [0.5, 0.6) is 23.0 Å². The third-order valence-electron chi connectivity index (χ3n) is 2.48. The zero-order valence-corrected chi connectivity index (χ0v) is 16.0. The van der Waals surface area contributed by atoms with Crippen molar-refractivity contribution in [2.24, 2.45) is 0 Å². The Balaban J connectivity index is 2.22. The van der Waals surface area contributed by atoms with Crippen molar-refractivity contribution in [2.75, 3.05) is 0 Å². The number of hydrogen-bond donors (Lipinski definition) is 0. The van der Waals surface area contributed by atoms with Crippen LogP contribution in [-0.2, 0) is 0 Å². The molecule has 1 aliphatic rings. The maximum atomic E-state index is 6.24. The van der Waals surface area contributed by atoms with Crippen LogP contribution in [0, 0.1) is 0 Å². The molecule has 0 radical (unpaired) electrons. The van der Waals surface area contributed by atoms with Gasteiger partial charge in [-0.2, -0.15) is 0 Å². The van der Waals surface area contributed by atoms with E-state index >= 15 is 0 Å². The molecule has 0 saturated carbocycles. The fourth-order valence-corrected chi connectivity index (χ4v) is 4.32. The van der Waals surface area contributed by atoms with E-state index in [4.69, 9.17) is 21.1 Å². The number of fused-ring (bicyclic) bond motifs is 2. The van der Waals surface area contributed by atoms with E-state index in [0.29, 0.717) is 28.0 Å². The van der Waals surface area contributed by atoms with Crippen molar-refractivity contribution in [2.45, 2.75) is 0 Å². The van der Waals surface area contributed by atoms with Crippen LogP contribution in [0.15, 0.2) is 36.1 Å². The van der Waals surface area contributed by atoms with Crippen LogP contribution in [0.25, 0.3) is 0 Å². The maximum absolute atomic E-state index is 6.24. The molecule has 1 aliphatic heterocycles. The molecule has 1 heterocycles. The van der Waals surface area contributed by atoms with Crippen molar-refractivity contribution in [3.63, 3.8) is 0 Å². The third-order valence-corrected chi connectivity index (χ3v) is 5.34. The van der Waals surface area contributed by atoms with Gasteiger partial charge in [0.25, 0.3) is 0 Å². The number of benzene rings is 2. The van der Waals surface area contributed by atoms with Crippen molar-refractivity contribution in [3.8, 4) is 23.0 Å². The van der Waals surface area contributed by atoms with Crippen LogP contribution in [-0.4, -0.2) is 0 Å². The van der Waals surface area contributed by atoms with Gasteiger partial charge < -0.3 is 9.47 Å². The predicted molar refractivity (Wildman–Crippen MR) is 88.8 cm³/mol. The maximum Gasteiger partial charge on any atom is 0.191 e. The van der Waals surface area contributed by atoms with E-state index in [0.717, 1.165) is 17.9 Å². The third kappa shape index (κ3) is 2.46. The molecule has 2 nitrogen and oxygen atoms in total. The Morgan fingerprint density at radius 2 is 1.42 bits per heavy atom. The van der Waals surface area contributed by atoms with Gasteiger partial charge in [-0.1, -0.05) is 27.5 Å². The Morgan fingerprint density at radius 3 is 2.16 bits per heavy atom. The summed E-state index contributed by atoms with van der Waals surface area (Å²) in [6, 6.07) is 5.54. The molecule has 0 bridgehead atoms. The van der Waals surface area contributed by atoms with E-state index in [2.05, 4.69) is 63.7 Å². The topological polar surface area (TPSA) is 18.5 Å². The molecule has 0 N–H and O–H groups in total. The highest BCUT2D eigenvalue weighted by Gasteiger charge is 2.27. The molecule has 0 spiro atoms. The molecular weight excluding hydrogens is 531 g/mol. The first-order valence-corrected chi connectivity index (χ1v) is 8.54. The Bertz CT molecular complexity index is 703. The highest BCUT2D eigenvalue weighted by Crippen LogP contribution is 2.55. The van der Waals surface area contributed by atoms with Crippen molar-refractivity contribution in [1.29, 1.82) is 0 Å². The summed E-state index contributed by atoms with van der Waals surface area (Å²) >= 11 is 19.9. The van der Waals surface area contributed by atoms with Gasteiger partial charge >= 0.3 is 0 Å². The summed E-state index contributed by atoms with van der Waals surface area (Å²) in [6.07, 6.45) is 0. The second-order valence-corrected chi connectivity index (χ2v) is 7.59. The van der Waals surface area contributed by atoms with Gasteiger partial charge in [0.05, 0.1) is 8.95 Å². The average molecular weight is 534 g/mol.